The summed E-state index contributed by atoms with van der Waals surface area (Å²) in [5.74, 6) is 6.62. The Morgan fingerprint density at radius 3 is 2.38 bits per heavy atom. The highest BCUT2D eigenvalue weighted by molar-refractivity contribution is 5.48. The van der Waals surface area contributed by atoms with E-state index in [0.29, 0.717) is 6.61 Å². The van der Waals surface area contributed by atoms with E-state index in [9.17, 15) is 0 Å². The fraction of sp³-hybridized carbons (Fsp3) is 0.294. The summed E-state index contributed by atoms with van der Waals surface area (Å²) in [6.07, 6.45) is 0. The summed E-state index contributed by atoms with van der Waals surface area (Å²) in [5, 5.41) is 0. The lowest BCUT2D eigenvalue weighted by Gasteiger charge is -2.19. The second-order valence-corrected chi connectivity index (χ2v) is 5.09. The average Bonchev–Trinajstić information content (AvgIpc) is 2.49. The zero-order valence-corrected chi connectivity index (χ0v) is 12.8. The molecule has 0 spiro atoms. The van der Waals surface area contributed by atoms with Gasteiger partial charge in [0.1, 0.15) is 5.75 Å². The van der Waals surface area contributed by atoms with Gasteiger partial charge in [-0.05, 0) is 42.3 Å². The van der Waals surface area contributed by atoms with Gasteiger partial charge in [0.15, 0.2) is 0 Å². The molecule has 0 heterocycles. The number of hydrazine groups is 1. The molecule has 0 aliphatic carbocycles. The zero-order chi connectivity index (χ0) is 15.2. The molecular formula is C17H23N3O. The monoisotopic (exact) mass is 285 g/mol. The van der Waals surface area contributed by atoms with Crippen LogP contribution in [-0.4, -0.2) is 20.7 Å². The maximum absolute atomic E-state index is 5.76. The molecule has 21 heavy (non-hydrogen) atoms. The Morgan fingerprint density at radius 2 is 1.81 bits per heavy atom. The van der Waals surface area contributed by atoms with Crippen LogP contribution in [0.5, 0.6) is 5.75 Å². The van der Waals surface area contributed by atoms with Gasteiger partial charge < -0.3 is 9.64 Å². The topological polar surface area (TPSA) is 50.5 Å². The molecule has 0 aromatic heterocycles. The smallest absolute Gasteiger partial charge is 0.119 e. The van der Waals surface area contributed by atoms with E-state index in [1.165, 1.54) is 0 Å². The molecule has 0 fully saturated rings. The highest BCUT2D eigenvalue weighted by Gasteiger charge is 2.13. The van der Waals surface area contributed by atoms with E-state index >= 15 is 0 Å². The summed E-state index contributed by atoms with van der Waals surface area (Å²) in [5.41, 5.74) is 6.25. The highest BCUT2D eigenvalue weighted by Crippen LogP contribution is 2.26. The maximum atomic E-state index is 5.76. The molecule has 0 bridgehead atoms. The van der Waals surface area contributed by atoms with Crippen LogP contribution in [0.4, 0.5) is 5.69 Å². The van der Waals surface area contributed by atoms with E-state index in [1.807, 2.05) is 45.3 Å². The first-order valence-corrected chi connectivity index (χ1v) is 7.12. The summed E-state index contributed by atoms with van der Waals surface area (Å²) in [6.45, 7) is 2.63. The summed E-state index contributed by atoms with van der Waals surface area (Å²) < 4.78 is 5.55. The molecule has 0 saturated carbocycles. The number of nitrogens with zero attached hydrogens (tertiary/aromatic N) is 1. The van der Waals surface area contributed by atoms with Gasteiger partial charge in [-0.3, -0.25) is 5.84 Å². The molecule has 4 nitrogen and oxygen atoms in total. The SMILES string of the molecule is CCOc1cccc(C(NN)c2ccc(N(C)C)cc2)c1. The molecule has 0 saturated heterocycles. The quantitative estimate of drug-likeness (QED) is 0.633. The van der Waals surface area contributed by atoms with Crippen molar-refractivity contribution in [3.63, 3.8) is 0 Å². The van der Waals surface area contributed by atoms with Crippen molar-refractivity contribution in [1.82, 2.24) is 5.43 Å². The van der Waals surface area contributed by atoms with Crippen LogP contribution < -0.4 is 20.9 Å². The van der Waals surface area contributed by atoms with E-state index in [4.69, 9.17) is 10.6 Å². The first kappa shape index (κ1) is 15.4. The van der Waals surface area contributed by atoms with Gasteiger partial charge in [-0.15, -0.1) is 0 Å². The molecule has 0 amide bonds. The van der Waals surface area contributed by atoms with E-state index in [0.717, 1.165) is 22.6 Å². The van der Waals surface area contributed by atoms with Crippen molar-refractivity contribution in [2.45, 2.75) is 13.0 Å². The normalized spacial score (nSPS) is 12.0. The summed E-state index contributed by atoms with van der Waals surface area (Å²) in [4.78, 5) is 2.07. The molecule has 0 aliphatic heterocycles. The number of anilines is 1. The van der Waals surface area contributed by atoms with Gasteiger partial charge in [0.05, 0.1) is 12.6 Å². The van der Waals surface area contributed by atoms with E-state index in [1.54, 1.807) is 0 Å². The van der Waals surface area contributed by atoms with Crippen molar-refractivity contribution >= 4 is 5.69 Å². The van der Waals surface area contributed by atoms with E-state index in [2.05, 4.69) is 34.6 Å². The minimum atomic E-state index is -0.0541. The van der Waals surface area contributed by atoms with Gasteiger partial charge in [0.2, 0.25) is 0 Å². The number of nitrogens with one attached hydrogen (secondary N) is 1. The number of hydrogen-bond donors (Lipinski definition) is 2. The lowest BCUT2D eigenvalue weighted by molar-refractivity contribution is 0.339. The largest absolute Gasteiger partial charge is 0.494 e. The summed E-state index contributed by atoms with van der Waals surface area (Å²) >= 11 is 0. The molecular weight excluding hydrogens is 262 g/mol. The molecule has 0 radical (unpaired) electrons. The van der Waals surface area contributed by atoms with Gasteiger partial charge in [0, 0.05) is 19.8 Å². The van der Waals surface area contributed by atoms with Crippen LogP contribution in [0.25, 0.3) is 0 Å². The Kier molecular flexibility index (Phi) is 5.20. The van der Waals surface area contributed by atoms with Gasteiger partial charge >= 0.3 is 0 Å². The van der Waals surface area contributed by atoms with Crippen molar-refractivity contribution in [3.8, 4) is 5.75 Å². The zero-order valence-electron chi connectivity index (χ0n) is 12.8. The van der Waals surface area contributed by atoms with Crippen LogP contribution in [-0.2, 0) is 0 Å². The van der Waals surface area contributed by atoms with Crippen LogP contribution >= 0.6 is 0 Å². The fourth-order valence-corrected chi connectivity index (χ4v) is 2.30. The second-order valence-electron chi connectivity index (χ2n) is 5.09. The third kappa shape index (κ3) is 3.74. The van der Waals surface area contributed by atoms with Gasteiger partial charge in [-0.25, -0.2) is 5.43 Å². The molecule has 1 atom stereocenters. The van der Waals surface area contributed by atoms with E-state index < -0.39 is 0 Å². The fourth-order valence-electron chi connectivity index (χ4n) is 2.30. The Balaban J connectivity index is 2.28. The Morgan fingerprint density at radius 1 is 1.10 bits per heavy atom. The molecule has 1 unspecified atom stereocenters. The number of rotatable bonds is 6. The Bertz CT molecular complexity index is 567. The van der Waals surface area contributed by atoms with Gasteiger partial charge in [-0.1, -0.05) is 24.3 Å². The predicted octanol–water partition coefficient (Wildman–Crippen LogP) is 2.70. The maximum Gasteiger partial charge on any atom is 0.119 e. The average molecular weight is 285 g/mol. The van der Waals surface area contributed by atoms with Crippen molar-refractivity contribution in [2.75, 3.05) is 25.6 Å². The van der Waals surface area contributed by atoms with Crippen molar-refractivity contribution in [2.24, 2.45) is 5.84 Å². The third-order valence-electron chi connectivity index (χ3n) is 3.41. The van der Waals surface area contributed by atoms with Gasteiger partial charge in [-0.2, -0.15) is 0 Å². The number of benzene rings is 2. The molecule has 0 aliphatic rings. The highest BCUT2D eigenvalue weighted by atomic mass is 16.5. The number of ether oxygens (including phenoxy) is 1. The van der Waals surface area contributed by atoms with Gasteiger partial charge in [0.25, 0.3) is 0 Å². The molecule has 3 N–H and O–H groups in total. The lowest BCUT2D eigenvalue weighted by atomic mass is 9.99. The number of nitrogens with two attached hydrogens (primary N) is 1. The van der Waals surface area contributed by atoms with Crippen molar-refractivity contribution in [1.29, 1.82) is 0 Å². The Hall–Kier alpha value is -2.04. The van der Waals surface area contributed by atoms with Crippen LogP contribution in [0.3, 0.4) is 0 Å². The molecule has 2 rings (SSSR count). The third-order valence-corrected chi connectivity index (χ3v) is 3.41. The molecule has 2 aromatic carbocycles. The predicted molar refractivity (Wildman–Crippen MR) is 87.5 cm³/mol. The lowest BCUT2D eigenvalue weighted by Crippen LogP contribution is -2.28. The number of hydrogen-bond acceptors (Lipinski definition) is 4. The summed E-state index contributed by atoms with van der Waals surface area (Å²) in [7, 11) is 4.05. The van der Waals surface area contributed by atoms with Crippen molar-refractivity contribution in [3.05, 3.63) is 59.7 Å². The minimum absolute atomic E-state index is 0.0541. The first-order valence-electron chi connectivity index (χ1n) is 7.12. The first-order chi connectivity index (χ1) is 10.2. The molecule has 112 valence electrons. The standard InChI is InChI=1S/C17H23N3O/c1-4-21-16-7-5-6-14(12-16)17(19-18)13-8-10-15(11-9-13)20(2)3/h5-12,17,19H,4,18H2,1-3H3. The molecule has 4 heteroatoms. The van der Waals surface area contributed by atoms with Crippen molar-refractivity contribution < 1.29 is 4.74 Å². The van der Waals surface area contributed by atoms with E-state index in [-0.39, 0.29) is 6.04 Å². The Labute approximate surface area is 126 Å². The van der Waals surface area contributed by atoms with Crippen LogP contribution in [0.1, 0.15) is 24.1 Å². The van der Waals surface area contributed by atoms with Crippen LogP contribution in [0.2, 0.25) is 0 Å². The molecule has 2 aromatic rings. The van der Waals surface area contributed by atoms with Crippen LogP contribution in [0, 0.1) is 0 Å². The second kappa shape index (κ2) is 7.11. The minimum Gasteiger partial charge on any atom is -0.494 e. The van der Waals surface area contributed by atoms with Crippen LogP contribution in [0.15, 0.2) is 48.5 Å². The summed E-state index contributed by atoms with van der Waals surface area (Å²) in [6, 6.07) is 16.3.